The molecule has 5 nitrogen and oxygen atoms in total. The predicted octanol–water partition coefficient (Wildman–Crippen LogP) is 2.44. The minimum atomic E-state index is -3.12. The van der Waals surface area contributed by atoms with Crippen LogP contribution in [0.15, 0.2) is 0 Å². The minimum Gasteiger partial charge on any atom is -0.469 e. The van der Waals surface area contributed by atoms with E-state index in [9.17, 15) is 18.4 Å². The van der Waals surface area contributed by atoms with Crippen molar-refractivity contribution < 1.29 is 27.8 Å². The molecule has 0 aromatic rings. The lowest BCUT2D eigenvalue weighted by molar-refractivity contribution is -0.152. The Morgan fingerprint density at radius 1 is 1.35 bits per heavy atom. The first-order valence-corrected chi connectivity index (χ1v) is 6.48. The highest BCUT2D eigenvalue weighted by Crippen LogP contribution is 2.35. The number of esters is 1. The molecule has 116 valence electrons. The second kappa shape index (κ2) is 5.93. The van der Waals surface area contributed by atoms with Gasteiger partial charge in [-0.3, -0.25) is 4.79 Å². The molecule has 20 heavy (non-hydrogen) atoms. The van der Waals surface area contributed by atoms with E-state index < -0.39 is 36.0 Å². The second-order valence-corrected chi connectivity index (χ2v) is 5.93. The largest absolute Gasteiger partial charge is 0.469 e. The first-order valence-electron chi connectivity index (χ1n) is 6.48. The Morgan fingerprint density at radius 2 is 1.95 bits per heavy atom. The van der Waals surface area contributed by atoms with Gasteiger partial charge in [0.15, 0.2) is 0 Å². The van der Waals surface area contributed by atoms with Crippen LogP contribution < -0.4 is 0 Å². The number of halogens is 2. The van der Waals surface area contributed by atoms with Crippen molar-refractivity contribution in [2.24, 2.45) is 5.92 Å². The summed E-state index contributed by atoms with van der Waals surface area (Å²) in [4.78, 5) is 23.9. The van der Waals surface area contributed by atoms with Crippen LogP contribution in [0.5, 0.6) is 0 Å². The molecule has 1 unspecified atom stereocenters. The number of amides is 1. The quantitative estimate of drug-likeness (QED) is 0.734. The molecule has 0 aromatic carbocycles. The van der Waals surface area contributed by atoms with Crippen molar-refractivity contribution in [2.75, 3.05) is 20.2 Å². The topological polar surface area (TPSA) is 55.8 Å². The van der Waals surface area contributed by atoms with Gasteiger partial charge in [0.2, 0.25) is 0 Å². The number of carbonyl (C=O) groups excluding carboxylic acids is 2. The molecule has 0 spiro atoms. The third-order valence-electron chi connectivity index (χ3n) is 3.04. The Bertz CT molecular complexity index is 379. The SMILES string of the molecule is COC(=O)CC1CCN(C(=O)OC(C)(C)C)CC1(F)F. The van der Waals surface area contributed by atoms with Crippen molar-refractivity contribution >= 4 is 12.1 Å². The van der Waals surface area contributed by atoms with Crippen LogP contribution in [-0.2, 0) is 14.3 Å². The van der Waals surface area contributed by atoms with Gasteiger partial charge in [0.05, 0.1) is 20.1 Å². The van der Waals surface area contributed by atoms with Crippen LogP contribution >= 0.6 is 0 Å². The molecule has 1 amide bonds. The molecule has 1 aliphatic heterocycles. The van der Waals surface area contributed by atoms with Crippen molar-refractivity contribution in [3.63, 3.8) is 0 Å². The number of hydrogen-bond acceptors (Lipinski definition) is 4. The summed E-state index contributed by atoms with van der Waals surface area (Å²) in [6, 6.07) is 0. The van der Waals surface area contributed by atoms with E-state index in [1.165, 1.54) is 0 Å². The normalized spacial score (nSPS) is 22.3. The Labute approximate surface area is 117 Å². The molecular formula is C13H21F2NO4. The second-order valence-electron chi connectivity index (χ2n) is 5.93. The van der Waals surface area contributed by atoms with Gasteiger partial charge in [0, 0.05) is 12.5 Å². The summed E-state index contributed by atoms with van der Waals surface area (Å²) in [6.45, 7) is 4.43. The van der Waals surface area contributed by atoms with Gasteiger partial charge in [-0.1, -0.05) is 0 Å². The lowest BCUT2D eigenvalue weighted by atomic mass is 9.90. The van der Waals surface area contributed by atoms with Gasteiger partial charge in [0.1, 0.15) is 5.60 Å². The molecule has 1 heterocycles. The number of nitrogens with zero attached hydrogens (tertiary/aromatic N) is 1. The van der Waals surface area contributed by atoms with Crippen LogP contribution in [0, 0.1) is 5.92 Å². The zero-order chi connectivity index (χ0) is 15.6. The molecule has 0 radical (unpaired) electrons. The summed E-state index contributed by atoms with van der Waals surface area (Å²) >= 11 is 0. The van der Waals surface area contributed by atoms with E-state index in [1.54, 1.807) is 20.8 Å². The number of methoxy groups -OCH3 is 1. The monoisotopic (exact) mass is 293 g/mol. The van der Waals surface area contributed by atoms with Gasteiger partial charge in [-0.05, 0) is 27.2 Å². The molecule has 1 fully saturated rings. The molecule has 0 N–H and O–H groups in total. The maximum Gasteiger partial charge on any atom is 0.410 e. The first kappa shape index (κ1) is 16.7. The van der Waals surface area contributed by atoms with Crippen LogP contribution in [0.2, 0.25) is 0 Å². The smallest absolute Gasteiger partial charge is 0.410 e. The lowest BCUT2D eigenvalue weighted by Gasteiger charge is -2.38. The van der Waals surface area contributed by atoms with Gasteiger partial charge < -0.3 is 14.4 Å². The van der Waals surface area contributed by atoms with Gasteiger partial charge in [-0.25, -0.2) is 13.6 Å². The van der Waals surface area contributed by atoms with Gasteiger partial charge in [-0.15, -0.1) is 0 Å². The molecule has 1 atom stereocenters. The summed E-state index contributed by atoms with van der Waals surface area (Å²) in [7, 11) is 1.16. The van der Waals surface area contributed by atoms with Crippen LogP contribution in [0.25, 0.3) is 0 Å². The van der Waals surface area contributed by atoms with E-state index in [0.29, 0.717) is 0 Å². The molecule has 0 aromatic heterocycles. The highest BCUT2D eigenvalue weighted by molar-refractivity contribution is 5.70. The van der Waals surface area contributed by atoms with E-state index >= 15 is 0 Å². The molecule has 7 heteroatoms. The van der Waals surface area contributed by atoms with Gasteiger partial charge >= 0.3 is 12.1 Å². The number of rotatable bonds is 2. The average Bonchev–Trinajstić information content (AvgIpc) is 2.28. The fourth-order valence-electron chi connectivity index (χ4n) is 2.00. The van der Waals surface area contributed by atoms with E-state index in [1.807, 2.05) is 0 Å². The highest BCUT2D eigenvalue weighted by Gasteiger charge is 2.47. The number of likely N-dealkylation sites (tertiary alicyclic amines) is 1. The predicted molar refractivity (Wildman–Crippen MR) is 67.5 cm³/mol. The number of carbonyl (C=O) groups is 2. The van der Waals surface area contributed by atoms with Crippen LogP contribution in [0.4, 0.5) is 13.6 Å². The van der Waals surface area contributed by atoms with Crippen molar-refractivity contribution in [3.8, 4) is 0 Å². The Hall–Kier alpha value is -1.40. The number of alkyl halides is 2. The number of hydrogen-bond donors (Lipinski definition) is 0. The fourth-order valence-corrected chi connectivity index (χ4v) is 2.00. The first-order chi connectivity index (χ1) is 9.05. The zero-order valence-electron chi connectivity index (χ0n) is 12.2. The minimum absolute atomic E-state index is 0.0430. The number of piperidine rings is 1. The third kappa shape index (κ3) is 4.61. The summed E-state index contributed by atoms with van der Waals surface area (Å²) in [5.74, 6) is -4.89. The molecule has 0 bridgehead atoms. The molecule has 1 saturated heterocycles. The third-order valence-corrected chi connectivity index (χ3v) is 3.04. The van der Waals surface area contributed by atoms with Gasteiger partial charge in [-0.2, -0.15) is 0 Å². The lowest BCUT2D eigenvalue weighted by Crippen LogP contribution is -2.52. The molecule has 0 aliphatic carbocycles. The summed E-state index contributed by atoms with van der Waals surface area (Å²) < 4.78 is 37.4. The van der Waals surface area contributed by atoms with E-state index in [4.69, 9.17) is 4.74 Å². The van der Waals surface area contributed by atoms with E-state index in [2.05, 4.69) is 4.74 Å². The molecule has 1 aliphatic rings. The Balaban J connectivity index is 2.64. The Morgan fingerprint density at radius 3 is 2.40 bits per heavy atom. The van der Waals surface area contributed by atoms with E-state index in [0.717, 1.165) is 12.0 Å². The number of ether oxygens (including phenoxy) is 2. The Kier molecular flexibility index (Phi) is 4.94. The van der Waals surface area contributed by atoms with Crippen molar-refractivity contribution in [1.82, 2.24) is 4.90 Å². The highest BCUT2D eigenvalue weighted by atomic mass is 19.3. The molecule has 1 rings (SSSR count). The standard InChI is InChI=1S/C13H21F2NO4/c1-12(2,3)20-11(18)16-6-5-9(7-10(17)19-4)13(14,15)8-16/h9H,5-8H2,1-4H3. The van der Waals surface area contributed by atoms with Crippen molar-refractivity contribution in [1.29, 1.82) is 0 Å². The van der Waals surface area contributed by atoms with Crippen molar-refractivity contribution in [2.45, 2.75) is 45.1 Å². The maximum absolute atomic E-state index is 14.0. The fraction of sp³-hybridized carbons (Fsp3) is 0.846. The van der Waals surface area contributed by atoms with Crippen molar-refractivity contribution in [3.05, 3.63) is 0 Å². The summed E-state index contributed by atoms with van der Waals surface area (Å²) in [6.07, 6.45) is -1.05. The summed E-state index contributed by atoms with van der Waals surface area (Å²) in [5.41, 5.74) is -0.727. The summed E-state index contributed by atoms with van der Waals surface area (Å²) in [5, 5.41) is 0. The maximum atomic E-state index is 14.0. The molecular weight excluding hydrogens is 272 g/mol. The van der Waals surface area contributed by atoms with E-state index in [-0.39, 0.29) is 19.4 Å². The van der Waals surface area contributed by atoms with Crippen LogP contribution in [-0.4, -0.2) is 48.7 Å². The average molecular weight is 293 g/mol. The zero-order valence-corrected chi connectivity index (χ0v) is 12.2. The van der Waals surface area contributed by atoms with Crippen LogP contribution in [0.3, 0.4) is 0 Å². The molecule has 0 saturated carbocycles. The van der Waals surface area contributed by atoms with Gasteiger partial charge in [0.25, 0.3) is 5.92 Å². The van der Waals surface area contributed by atoms with Crippen LogP contribution in [0.1, 0.15) is 33.6 Å².